The molecule has 0 aromatic heterocycles. The first kappa shape index (κ1) is 16.0. The number of nitrogens with zero attached hydrogens (tertiary/aromatic N) is 1. The predicted molar refractivity (Wildman–Crippen MR) is 95.9 cm³/mol. The van der Waals surface area contributed by atoms with E-state index in [1.54, 1.807) is 0 Å². The summed E-state index contributed by atoms with van der Waals surface area (Å²) in [6.07, 6.45) is 3.81. The molecule has 0 aliphatic heterocycles. The molecule has 2 aromatic rings. The minimum atomic E-state index is -0.429. The van der Waals surface area contributed by atoms with Crippen molar-refractivity contribution in [2.45, 2.75) is 13.8 Å². The smallest absolute Gasteiger partial charge is 0.150 e. The topological polar surface area (TPSA) is 12.4 Å². The third-order valence-electron chi connectivity index (χ3n) is 3.25. The fourth-order valence-electron chi connectivity index (χ4n) is 2.07. The summed E-state index contributed by atoms with van der Waals surface area (Å²) in [7, 11) is 0. The van der Waals surface area contributed by atoms with Gasteiger partial charge in [0.15, 0.2) is 5.82 Å². The molecule has 0 heterocycles. The Balaban J connectivity index is 2.42. The summed E-state index contributed by atoms with van der Waals surface area (Å²) in [5.74, 6) is -0.429. The highest BCUT2D eigenvalue weighted by Gasteiger charge is 2.10. The van der Waals surface area contributed by atoms with E-state index in [1.807, 2.05) is 56.3 Å². The molecule has 0 bridgehead atoms. The van der Waals surface area contributed by atoms with Crippen LogP contribution in [-0.2, 0) is 0 Å². The number of rotatable bonds is 4. The van der Waals surface area contributed by atoms with Crippen molar-refractivity contribution in [2.75, 3.05) is 0 Å². The van der Waals surface area contributed by atoms with E-state index >= 15 is 0 Å². The fourth-order valence-corrected chi connectivity index (χ4v) is 2.16. The maximum atomic E-state index is 14.2. The van der Waals surface area contributed by atoms with Crippen LogP contribution in [0.4, 0.5) is 10.1 Å². The van der Waals surface area contributed by atoms with Gasteiger partial charge in [-0.15, -0.1) is 0 Å². The highest BCUT2D eigenvalue weighted by Crippen LogP contribution is 2.30. The molecule has 2 aromatic carbocycles. The number of aryl methyl sites for hydroxylation is 1. The molecule has 110 valence electrons. The lowest BCUT2D eigenvalue weighted by Gasteiger charge is -2.07. The first-order chi connectivity index (χ1) is 10.5. The molecule has 0 amide bonds. The molecular weight excluding hydrogens is 293 g/mol. The third kappa shape index (κ3) is 3.85. The van der Waals surface area contributed by atoms with E-state index in [0.29, 0.717) is 5.56 Å². The Bertz CT molecular complexity index is 782. The molecule has 22 heavy (non-hydrogen) atoms. The van der Waals surface area contributed by atoms with Gasteiger partial charge < -0.3 is 0 Å². The van der Waals surface area contributed by atoms with Crippen LogP contribution in [0.1, 0.15) is 29.2 Å². The van der Waals surface area contributed by atoms with Crippen molar-refractivity contribution in [1.82, 2.24) is 0 Å². The second-order valence-electron chi connectivity index (χ2n) is 5.13. The molecule has 0 saturated carbocycles. The Morgan fingerprint density at radius 1 is 1.18 bits per heavy atom. The van der Waals surface area contributed by atoms with Crippen LogP contribution in [0.3, 0.4) is 0 Å². The summed E-state index contributed by atoms with van der Waals surface area (Å²) in [5.41, 5.74) is 4.57. The Labute approximate surface area is 135 Å². The highest BCUT2D eigenvalue weighted by atomic mass is 32.1. The van der Waals surface area contributed by atoms with E-state index < -0.39 is 5.82 Å². The fraction of sp³-hybridized carbons (Fsp3) is 0.105. The maximum Gasteiger partial charge on any atom is 0.150 e. The third-order valence-corrected chi connectivity index (χ3v) is 3.34. The minimum absolute atomic E-state index is 0.190. The van der Waals surface area contributed by atoms with Crippen molar-refractivity contribution >= 4 is 40.8 Å². The van der Waals surface area contributed by atoms with Crippen molar-refractivity contribution in [3.05, 3.63) is 71.0 Å². The highest BCUT2D eigenvalue weighted by molar-refractivity contribution is 7.78. The van der Waals surface area contributed by atoms with Crippen LogP contribution in [0.25, 0.3) is 17.7 Å². The largest absolute Gasteiger partial charge is 0.205 e. The van der Waals surface area contributed by atoms with Gasteiger partial charge in [0.25, 0.3) is 0 Å². The summed E-state index contributed by atoms with van der Waals surface area (Å²) < 4.78 is 14.2. The lowest BCUT2D eigenvalue weighted by molar-refractivity contribution is 0.629. The number of hydrogen-bond acceptors (Lipinski definition) is 2. The lowest BCUT2D eigenvalue weighted by atomic mass is 10.0. The normalized spacial score (nSPS) is 10.5. The quantitative estimate of drug-likeness (QED) is 0.379. The van der Waals surface area contributed by atoms with Crippen molar-refractivity contribution < 1.29 is 4.39 Å². The SMILES string of the molecule is C=C(C)c1cc(/C=C/c2ccc(C)cc2)cc(F)c1N=C=S. The van der Waals surface area contributed by atoms with E-state index in [2.05, 4.69) is 29.0 Å². The van der Waals surface area contributed by atoms with Crippen LogP contribution in [0.15, 0.2) is 48.0 Å². The summed E-state index contributed by atoms with van der Waals surface area (Å²) in [6, 6.07) is 11.4. The number of halogens is 1. The summed E-state index contributed by atoms with van der Waals surface area (Å²) >= 11 is 4.57. The van der Waals surface area contributed by atoms with Gasteiger partial charge in [-0.3, -0.25) is 0 Å². The molecule has 0 saturated heterocycles. The van der Waals surface area contributed by atoms with E-state index in [0.717, 1.165) is 16.7 Å². The minimum Gasteiger partial charge on any atom is -0.205 e. The van der Waals surface area contributed by atoms with Gasteiger partial charge in [0.05, 0.1) is 5.16 Å². The first-order valence-electron chi connectivity index (χ1n) is 6.83. The van der Waals surface area contributed by atoms with Gasteiger partial charge in [0.2, 0.25) is 0 Å². The summed E-state index contributed by atoms with van der Waals surface area (Å²) in [4.78, 5) is 3.80. The summed E-state index contributed by atoms with van der Waals surface area (Å²) in [6.45, 7) is 7.72. The van der Waals surface area contributed by atoms with Crippen molar-refractivity contribution in [3.8, 4) is 0 Å². The van der Waals surface area contributed by atoms with E-state index in [1.165, 1.54) is 11.6 Å². The molecule has 2 rings (SSSR count). The van der Waals surface area contributed by atoms with Gasteiger partial charge in [-0.2, -0.15) is 4.99 Å². The average molecular weight is 309 g/mol. The predicted octanol–water partition coefficient (Wildman–Crippen LogP) is 6.07. The number of hydrogen-bond donors (Lipinski definition) is 0. The summed E-state index contributed by atoms with van der Waals surface area (Å²) in [5, 5.41) is 2.21. The van der Waals surface area contributed by atoms with Crippen LogP contribution in [-0.4, -0.2) is 5.16 Å². The van der Waals surface area contributed by atoms with Crippen molar-refractivity contribution in [1.29, 1.82) is 0 Å². The van der Waals surface area contributed by atoms with E-state index in [9.17, 15) is 4.39 Å². The average Bonchev–Trinajstić information content (AvgIpc) is 2.49. The number of allylic oxidation sites excluding steroid dienone is 1. The number of aliphatic imine (C=N–C) groups is 1. The zero-order chi connectivity index (χ0) is 16.1. The van der Waals surface area contributed by atoms with Crippen LogP contribution >= 0.6 is 12.2 Å². The molecular formula is C19H16FNS. The van der Waals surface area contributed by atoms with E-state index in [-0.39, 0.29) is 5.69 Å². The van der Waals surface area contributed by atoms with Gasteiger partial charge in [0.1, 0.15) is 5.69 Å². The maximum absolute atomic E-state index is 14.2. The molecule has 3 heteroatoms. The van der Waals surface area contributed by atoms with Crippen LogP contribution in [0.2, 0.25) is 0 Å². The molecule has 0 N–H and O–H groups in total. The van der Waals surface area contributed by atoms with Crippen molar-refractivity contribution in [3.63, 3.8) is 0 Å². The Hall–Kier alpha value is -2.35. The molecule has 0 aliphatic carbocycles. The second-order valence-corrected chi connectivity index (χ2v) is 5.31. The van der Waals surface area contributed by atoms with Crippen LogP contribution in [0, 0.1) is 12.7 Å². The molecule has 1 nitrogen and oxygen atoms in total. The Kier molecular flexibility index (Phi) is 5.16. The van der Waals surface area contributed by atoms with E-state index in [4.69, 9.17) is 0 Å². The van der Waals surface area contributed by atoms with Gasteiger partial charge in [-0.25, -0.2) is 4.39 Å². The molecule has 0 unspecified atom stereocenters. The van der Waals surface area contributed by atoms with Crippen molar-refractivity contribution in [2.24, 2.45) is 4.99 Å². The number of benzene rings is 2. The first-order valence-corrected chi connectivity index (χ1v) is 7.24. The van der Waals surface area contributed by atoms with Gasteiger partial charge in [0, 0.05) is 5.56 Å². The molecule has 0 fully saturated rings. The number of thiocarbonyl (C=S) groups is 1. The van der Waals surface area contributed by atoms with Gasteiger partial charge in [-0.1, -0.05) is 48.6 Å². The molecule has 0 atom stereocenters. The number of isothiocyanates is 1. The zero-order valence-electron chi connectivity index (χ0n) is 12.6. The molecule has 0 radical (unpaired) electrons. The molecule has 0 spiro atoms. The lowest BCUT2D eigenvalue weighted by Crippen LogP contribution is -1.88. The Morgan fingerprint density at radius 2 is 1.82 bits per heavy atom. The van der Waals surface area contributed by atoms with Gasteiger partial charge in [-0.05, 0) is 54.9 Å². The van der Waals surface area contributed by atoms with Crippen LogP contribution in [0.5, 0.6) is 0 Å². The standard InChI is InChI=1S/C19H16FNS/c1-13(2)17-10-16(11-18(20)19(17)21-12-22)9-8-15-6-4-14(3)5-7-15/h4-11H,1H2,2-3H3/b9-8+. The van der Waals surface area contributed by atoms with Crippen LogP contribution < -0.4 is 0 Å². The second kappa shape index (κ2) is 7.08. The zero-order valence-corrected chi connectivity index (χ0v) is 13.4. The molecule has 0 aliphatic rings. The monoisotopic (exact) mass is 309 g/mol. The Morgan fingerprint density at radius 3 is 2.41 bits per heavy atom. The van der Waals surface area contributed by atoms with Gasteiger partial charge >= 0.3 is 0 Å².